The minimum absolute atomic E-state index is 0.106. The molecule has 11 nitrogen and oxygen atoms in total. The van der Waals surface area contributed by atoms with Gasteiger partial charge in [0.25, 0.3) is 11.8 Å². The highest BCUT2D eigenvalue weighted by Crippen LogP contribution is 2.44. The Balaban J connectivity index is 1.39. The number of carbonyl (C=O) groups excluding carboxylic acids is 2. The van der Waals surface area contributed by atoms with E-state index in [0.717, 1.165) is 12.8 Å². The number of benzene rings is 1. The highest BCUT2D eigenvalue weighted by atomic mass is 35.5. The second kappa shape index (κ2) is 11.1. The standard InChI is InChI=1S/C33H30ClFN8O3/c1-17(23-8-7-21(35)14-37-23)43-31-22(15-40-43)28(29(30(36)44)24(41-31)10-18-4-5-18)19-6-9-25-26(11-19)46-33(2,3)32(45)42(25)16-27-38-12-20(34)13-39-27/h6-9,11-15,17-18H,4-5,10,16H2,1-3H3,(H2,36,44)/t17-/m1/s1. The first kappa shape index (κ1) is 29.7. The molecule has 1 aliphatic heterocycles. The van der Waals surface area contributed by atoms with Gasteiger partial charge < -0.3 is 10.5 Å². The predicted molar refractivity (Wildman–Crippen MR) is 169 cm³/mol. The molecule has 5 heterocycles. The average Bonchev–Trinajstić information content (AvgIpc) is 3.74. The number of amides is 2. The van der Waals surface area contributed by atoms with Gasteiger partial charge in [0.2, 0.25) is 0 Å². The number of primary amides is 1. The summed E-state index contributed by atoms with van der Waals surface area (Å²) in [6.07, 6.45) is 8.47. The van der Waals surface area contributed by atoms with Crippen LogP contribution in [-0.4, -0.2) is 47.1 Å². The number of nitrogens with two attached hydrogens (primary N) is 1. The zero-order chi connectivity index (χ0) is 32.3. The van der Waals surface area contributed by atoms with Crippen molar-refractivity contribution in [3.05, 3.63) is 88.7 Å². The second-order valence-corrected chi connectivity index (χ2v) is 12.7. The number of halogens is 2. The van der Waals surface area contributed by atoms with Crippen LogP contribution >= 0.6 is 11.6 Å². The summed E-state index contributed by atoms with van der Waals surface area (Å²) in [5.74, 6) is -0.0248. The Hall–Kier alpha value is -4.97. The lowest BCUT2D eigenvalue weighted by atomic mass is 9.92. The van der Waals surface area contributed by atoms with E-state index in [9.17, 15) is 14.0 Å². The van der Waals surface area contributed by atoms with E-state index < -0.39 is 17.3 Å². The van der Waals surface area contributed by atoms with Gasteiger partial charge in [-0.3, -0.25) is 19.5 Å². The van der Waals surface area contributed by atoms with Gasteiger partial charge in [0.05, 0.1) is 52.6 Å². The number of hydrogen-bond acceptors (Lipinski definition) is 8. The van der Waals surface area contributed by atoms with Crippen molar-refractivity contribution >= 4 is 40.1 Å². The number of nitrogens with zero attached hydrogens (tertiary/aromatic N) is 7. The molecule has 0 saturated heterocycles. The first-order valence-electron chi connectivity index (χ1n) is 14.9. The van der Waals surface area contributed by atoms with Gasteiger partial charge in [0.15, 0.2) is 11.2 Å². The Labute approximate surface area is 268 Å². The molecule has 13 heteroatoms. The normalized spacial score (nSPS) is 16.3. The first-order chi connectivity index (χ1) is 22.0. The van der Waals surface area contributed by atoms with Gasteiger partial charge in [-0.25, -0.2) is 24.0 Å². The molecule has 1 aromatic carbocycles. The van der Waals surface area contributed by atoms with Crippen molar-refractivity contribution in [3.63, 3.8) is 0 Å². The summed E-state index contributed by atoms with van der Waals surface area (Å²) in [5.41, 5.74) is 8.70. The van der Waals surface area contributed by atoms with Gasteiger partial charge in [-0.05, 0) is 75.8 Å². The lowest BCUT2D eigenvalue weighted by Crippen LogP contribution is -2.52. The maximum Gasteiger partial charge on any atom is 0.271 e. The number of ether oxygens (including phenoxy) is 1. The van der Waals surface area contributed by atoms with E-state index in [1.165, 1.54) is 24.7 Å². The summed E-state index contributed by atoms with van der Waals surface area (Å²) < 4.78 is 21.6. The number of rotatable bonds is 8. The highest BCUT2D eigenvalue weighted by Gasteiger charge is 2.41. The molecule has 2 amide bonds. The smallest absolute Gasteiger partial charge is 0.271 e. The molecule has 0 bridgehead atoms. The number of aromatic nitrogens is 6. The Morgan fingerprint density at radius 1 is 1.13 bits per heavy atom. The summed E-state index contributed by atoms with van der Waals surface area (Å²) in [6.45, 7) is 5.40. The minimum Gasteiger partial charge on any atom is -0.476 e. The van der Waals surface area contributed by atoms with E-state index in [1.807, 2.05) is 19.1 Å². The van der Waals surface area contributed by atoms with Crippen molar-refractivity contribution in [1.82, 2.24) is 29.7 Å². The van der Waals surface area contributed by atoms with Crippen LogP contribution in [0.2, 0.25) is 5.02 Å². The van der Waals surface area contributed by atoms with E-state index in [1.54, 1.807) is 41.8 Å². The predicted octanol–water partition coefficient (Wildman–Crippen LogP) is 5.44. The van der Waals surface area contributed by atoms with Crippen molar-refractivity contribution in [2.75, 3.05) is 4.90 Å². The van der Waals surface area contributed by atoms with Crippen LogP contribution in [0.4, 0.5) is 10.1 Å². The molecule has 7 rings (SSSR count). The Morgan fingerprint density at radius 2 is 1.89 bits per heavy atom. The Bertz CT molecular complexity index is 2010. The molecule has 0 unspecified atom stereocenters. The molecule has 234 valence electrons. The molecule has 1 fully saturated rings. The zero-order valence-corrected chi connectivity index (χ0v) is 26.1. The molecule has 1 atom stereocenters. The molecule has 46 heavy (non-hydrogen) atoms. The fourth-order valence-corrected chi connectivity index (χ4v) is 6.00. The van der Waals surface area contributed by atoms with Crippen LogP contribution < -0.4 is 15.4 Å². The van der Waals surface area contributed by atoms with Gasteiger partial charge in [-0.15, -0.1) is 0 Å². The average molecular weight is 641 g/mol. The highest BCUT2D eigenvalue weighted by molar-refractivity contribution is 6.30. The van der Waals surface area contributed by atoms with Crippen LogP contribution in [-0.2, 0) is 17.8 Å². The first-order valence-corrected chi connectivity index (χ1v) is 15.3. The maximum atomic E-state index is 13.6. The molecule has 2 aliphatic rings. The fraction of sp³-hybridized carbons (Fsp3) is 0.303. The molecule has 1 saturated carbocycles. The van der Waals surface area contributed by atoms with Gasteiger partial charge in [0.1, 0.15) is 17.4 Å². The van der Waals surface area contributed by atoms with Gasteiger partial charge in [-0.2, -0.15) is 5.10 Å². The third-order valence-corrected chi connectivity index (χ3v) is 8.62. The van der Waals surface area contributed by atoms with Crippen LogP contribution in [0.3, 0.4) is 0 Å². The van der Waals surface area contributed by atoms with Crippen LogP contribution in [0.25, 0.3) is 22.2 Å². The molecule has 0 radical (unpaired) electrons. The van der Waals surface area contributed by atoms with Crippen LogP contribution in [0.1, 0.15) is 67.2 Å². The second-order valence-electron chi connectivity index (χ2n) is 12.2. The van der Waals surface area contributed by atoms with Crippen molar-refractivity contribution in [2.24, 2.45) is 11.7 Å². The van der Waals surface area contributed by atoms with E-state index in [2.05, 4.69) is 20.1 Å². The molecular weight excluding hydrogens is 611 g/mol. The van der Waals surface area contributed by atoms with E-state index in [4.69, 9.17) is 27.1 Å². The van der Waals surface area contributed by atoms with Gasteiger partial charge in [-0.1, -0.05) is 17.7 Å². The fourth-order valence-electron chi connectivity index (χ4n) is 5.90. The maximum absolute atomic E-state index is 13.6. The van der Waals surface area contributed by atoms with Crippen molar-refractivity contribution < 1.29 is 18.7 Å². The number of hydrogen-bond donors (Lipinski definition) is 1. The molecule has 0 spiro atoms. The van der Waals surface area contributed by atoms with Crippen molar-refractivity contribution in [2.45, 2.75) is 58.2 Å². The molecule has 2 N–H and O–H groups in total. The summed E-state index contributed by atoms with van der Waals surface area (Å²) >= 11 is 5.97. The van der Waals surface area contributed by atoms with Crippen LogP contribution in [0, 0.1) is 11.7 Å². The van der Waals surface area contributed by atoms with Crippen molar-refractivity contribution in [3.8, 4) is 16.9 Å². The van der Waals surface area contributed by atoms with E-state index in [0.29, 0.717) is 73.7 Å². The zero-order valence-electron chi connectivity index (χ0n) is 25.4. The summed E-state index contributed by atoms with van der Waals surface area (Å²) in [6, 6.07) is 8.00. The third-order valence-electron chi connectivity index (χ3n) is 8.43. The summed E-state index contributed by atoms with van der Waals surface area (Å²) in [4.78, 5) is 46.0. The molecular formula is C33H30ClFN8O3. The van der Waals surface area contributed by atoms with Gasteiger partial charge >= 0.3 is 0 Å². The van der Waals surface area contributed by atoms with E-state index >= 15 is 0 Å². The number of anilines is 1. The van der Waals surface area contributed by atoms with Gasteiger partial charge in [0, 0.05) is 23.3 Å². The minimum atomic E-state index is -1.20. The SMILES string of the molecule is C[C@H](c1ccc(F)cn1)n1ncc2c(-c3ccc4c(c3)OC(C)(C)C(=O)N4Cc3ncc(Cl)cn3)c(C(N)=O)c(CC3CC3)nc21. The van der Waals surface area contributed by atoms with Crippen LogP contribution in [0.15, 0.2) is 55.1 Å². The number of pyridine rings is 2. The lowest BCUT2D eigenvalue weighted by molar-refractivity contribution is -0.132. The Morgan fingerprint density at radius 3 is 2.57 bits per heavy atom. The largest absolute Gasteiger partial charge is 0.476 e. The quantitative estimate of drug-likeness (QED) is 0.236. The van der Waals surface area contributed by atoms with E-state index in [-0.39, 0.29) is 18.5 Å². The molecule has 4 aromatic heterocycles. The number of carbonyl (C=O) groups is 2. The van der Waals surface area contributed by atoms with Crippen molar-refractivity contribution in [1.29, 1.82) is 0 Å². The molecule has 5 aromatic rings. The third kappa shape index (κ3) is 5.32. The molecule has 1 aliphatic carbocycles. The Kier molecular flexibility index (Phi) is 7.19. The monoisotopic (exact) mass is 640 g/mol. The summed E-state index contributed by atoms with van der Waals surface area (Å²) in [7, 11) is 0. The topological polar surface area (TPSA) is 142 Å². The lowest BCUT2D eigenvalue weighted by Gasteiger charge is -2.38. The number of fused-ring (bicyclic) bond motifs is 2. The van der Waals surface area contributed by atoms with Crippen LogP contribution in [0.5, 0.6) is 5.75 Å². The summed E-state index contributed by atoms with van der Waals surface area (Å²) in [5, 5.41) is 5.67.